The Bertz CT molecular complexity index is 1410. The Kier molecular flexibility index (Phi) is 5.06. The van der Waals surface area contributed by atoms with Crippen molar-refractivity contribution in [2.45, 2.75) is 12.5 Å². The number of carboxylic acid groups (broad SMARTS) is 1. The van der Waals surface area contributed by atoms with Crippen molar-refractivity contribution in [1.29, 1.82) is 0 Å². The van der Waals surface area contributed by atoms with Gasteiger partial charge in [0.1, 0.15) is 0 Å². The molecule has 33 heavy (non-hydrogen) atoms. The molecule has 2 heterocycles. The maximum absolute atomic E-state index is 12.7. The molecule has 0 saturated carbocycles. The third-order valence-electron chi connectivity index (χ3n) is 5.58. The average Bonchev–Trinajstić information content (AvgIpc) is 2.83. The van der Waals surface area contributed by atoms with Crippen molar-refractivity contribution in [2.75, 3.05) is 5.32 Å². The number of pyridine rings is 1. The van der Waals surface area contributed by atoms with Gasteiger partial charge < -0.3 is 15.2 Å². The molecule has 1 unspecified atom stereocenters. The molecule has 1 atom stereocenters. The summed E-state index contributed by atoms with van der Waals surface area (Å²) < 4.78 is 5.30. The third kappa shape index (κ3) is 3.92. The van der Waals surface area contributed by atoms with Crippen LogP contribution in [0.25, 0.3) is 22.2 Å². The highest BCUT2D eigenvalue weighted by atomic mass is 16.5. The Hall–Kier alpha value is -4.52. The van der Waals surface area contributed by atoms with Crippen LogP contribution in [0.3, 0.4) is 0 Å². The van der Waals surface area contributed by atoms with Crippen molar-refractivity contribution in [3.8, 4) is 11.3 Å². The molecule has 4 aromatic rings. The highest BCUT2D eigenvalue weighted by molar-refractivity contribution is 6.04. The van der Waals surface area contributed by atoms with E-state index in [1.807, 2.05) is 12.1 Å². The summed E-state index contributed by atoms with van der Waals surface area (Å²) in [4.78, 5) is 41.1. The smallest absolute Gasteiger partial charge is 0.339 e. The Morgan fingerprint density at radius 1 is 0.970 bits per heavy atom. The van der Waals surface area contributed by atoms with Crippen molar-refractivity contribution in [3.63, 3.8) is 0 Å². The van der Waals surface area contributed by atoms with E-state index >= 15 is 0 Å². The number of carbonyl (C=O) groups is 3. The van der Waals surface area contributed by atoms with Crippen molar-refractivity contribution in [3.05, 3.63) is 95.6 Å². The van der Waals surface area contributed by atoms with E-state index in [1.165, 1.54) is 6.07 Å². The van der Waals surface area contributed by atoms with Crippen molar-refractivity contribution < 1.29 is 24.2 Å². The normalized spacial score (nSPS) is 14.9. The van der Waals surface area contributed by atoms with Crippen LogP contribution in [0.4, 0.5) is 5.69 Å². The lowest BCUT2D eigenvalue weighted by molar-refractivity contribution is -0.125. The molecule has 2 N–H and O–H groups in total. The number of carbonyl (C=O) groups excluding carboxylic acids is 2. The van der Waals surface area contributed by atoms with Crippen LogP contribution >= 0.6 is 0 Å². The highest BCUT2D eigenvalue weighted by Crippen LogP contribution is 2.27. The first-order chi connectivity index (χ1) is 16.0. The van der Waals surface area contributed by atoms with Gasteiger partial charge in [0.25, 0.3) is 5.91 Å². The number of aromatic nitrogens is 1. The highest BCUT2D eigenvalue weighted by Gasteiger charge is 2.31. The number of hydrogen-bond acceptors (Lipinski definition) is 5. The Morgan fingerprint density at radius 3 is 2.48 bits per heavy atom. The molecule has 3 aromatic carbocycles. The SMILES string of the molecule is O=C1OC(C(=O)Nc2ccc(-c3cc(C(=O)O)c4ccccc4n3)cc2)Cc2ccccc21. The molecule has 0 fully saturated rings. The van der Waals surface area contributed by atoms with E-state index in [0.717, 1.165) is 5.56 Å². The van der Waals surface area contributed by atoms with Crippen LogP contribution < -0.4 is 5.32 Å². The van der Waals surface area contributed by atoms with Crippen molar-refractivity contribution in [2.24, 2.45) is 0 Å². The number of amides is 1. The Balaban J connectivity index is 1.36. The summed E-state index contributed by atoms with van der Waals surface area (Å²) in [5.74, 6) is -1.95. The predicted octanol–water partition coefficient (Wildman–Crippen LogP) is 4.32. The average molecular weight is 438 g/mol. The molecule has 0 bridgehead atoms. The van der Waals surface area contributed by atoms with Crippen molar-refractivity contribution in [1.82, 2.24) is 4.98 Å². The molecule has 1 amide bonds. The first-order valence-corrected chi connectivity index (χ1v) is 10.3. The maximum atomic E-state index is 12.7. The van der Waals surface area contributed by atoms with E-state index in [9.17, 15) is 19.5 Å². The molecule has 0 spiro atoms. The van der Waals surface area contributed by atoms with Crippen LogP contribution in [0.5, 0.6) is 0 Å². The number of anilines is 1. The fourth-order valence-electron chi connectivity index (χ4n) is 3.93. The monoisotopic (exact) mass is 438 g/mol. The lowest BCUT2D eigenvalue weighted by Gasteiger charge is -2.23. The summed E-state index contributed by atoms with van der Waals surface area (Å²) in [6.07, 6.45) is -0.600. The second-order valence-electron chi connectivity index (χ2n) is 7.70. The summed E-state index contributed by atoms with van der Waals surface area (Å²) in [6, 6.07) is 22.6. The number of esters is 1. The summed E-state index contributed by atoms with van der Waals surface area (Å²) in [5, 5.41) is 12.9. The van der Waals surface area contributed by atoms with E-state index in [1.54, 1.807) is 60.7 Å². The van der Waals surface area contributed by atoms with E-state index < -0.39 is 23.9 Å². The molecule has 5 rings (SSSR count). The predicted molar refractivity (Wildman–Crippen MR) is 122 cm³/mol. The molecule has 0 aliphatic carbocycles. The Morgan fingerprint density at radius 2 is 1.70 bits per heavy atom. The lowest BCUT2D eigenvalue weighted by Crippen LogP contribution is -2.37. The Labute approximate surface area is 188 Å². The van der Waals surface area contributed by atoms with Crippen LogP contribution in [0, 0.1) is 0 Å². The first kappa shape index (κ1) is 20.4. The summed E-state index contributed by atoms with van der Waals surface area (Å²) in [7, 11) is 0. The zero-order valence-corrected chi connectivity index (χ0v) is 17.3. The molecular formula is C26H18N2O5. The van der Waals surface area contributed by atoms with Gasteiger partial charge in [0.15, 0.2) is 6.10 Å². The van der Waals surface area contributed by atoms with Gasteiger partial charge in [-0.05, 0) is 35.9 Å². The van der Waals surface area contributed by atoms with E-state index in [0.29, 0.717) is 39.8 Å². The zero-order valence-electron chi connectivity index (χ0n) is 17.3. The molecule has 162 valence electrons. The van der Waals surface area contributed by atoms with Gasteiger partial charge in [-0.3, -0.25) is 4.79 Å². The third-order valence-corrected chi connectivity index (χ3v) is 5.58. The molecule has 0 radical (unpaired) electrons. The van der Waals surface area contributed by atoms with Gasteiger partial charge in [-0.1, -0.05) is 48.5 Å². The molecule has 1 aliphatic rings. The van der Waals surface area contributed by atoms with Gasteiger partial charge in [0, 0.05) is 23.1 Å². The summed E-state index contributed by atoms with van der Waals surface area (Å²) in [5.41, 5.74) is 3.77. The maximum Gasteiger partial charge on any atom is 0.339 e. The molecule has 1 aromatic heterocycles. The molecule has 1 aliphatic heterocycles. The van der Waals surface area contributed by atoms with Crippen LogP contribution in [-0.4, -0.2) is 34.0 Å². The second-order valence-corrected chi connectivity index (χ2v) is 7.70. The number of cyclic esters (lactones) is 1. The topological polar surface area (TPSA) is 106 Å². The standard InChI is InChI=1S/C26H18N2O5/c29-24(23-13-16-5-1-2-6-18(16)26(32)33-23)27-17-11-9-15(10-12-17)22-14-20(25(30)31)19-7-3-4-8-21(19)28-22/h1-12,14,23H,13H2,(H,27,29)(H,30,31). The van der Waals surface area contributed by atoms with Crippen LogP contribution in [0.1, 0.15) is 26.3 Å². The number of ether oxygens (including phenoxy) is 1. The second kappa shape index (κ2) is 8.20. The number of aromatic carboxylic acids is 1. The van der Waals surface area contributed by atoms with Gasteiger partial charge in [-0.25, -0.2) is 14.6 Å². The number of rotatable bonds is 4. The number of benzene rings is 3. The fourth-order valence-corrected chi connectivity index (χ4v) is 3.93. The first-order valence-electron chi connectivity index (χ1n) is 10.3. The lowest BCUT2D eigenvalue weighted by atomic mass is 9.98. The zero-order chi connectivity index (χ0) is 22.9. The van der Waals surface area contributed by atoms with Gasteiger partial charge in [0.05, 0.1) is 22.3 Å². The molecule has 7 heteroatoms. The molecule has 0 saturated heterocycles. The van der Waals surface area contributed by atoms with Crippen molar-refractivity contribution >= 4 is 34.4 Å². The van der Waals surface area contributed by atoms with Crippen LogP contribution in [0.15, 0.2) is 78.9 Å². The largest absolute Gasteiger partial charge is 0.478 e. The minimum atomic E-state index is -1.03. The van der Waals surface area contributed by atoms with E-state index in [-0.39, 0.29) is 5.56 Å². The number of hydrogen-bond donors (Lipinski definition) is 2. The number of para-hydroxylation sites is 1. The van der Waals surface area contributed by atoms with Gasteiger partial charge in [-0.15, -0.1) is 0 Å². The van der Waals surface area contributed by atoms with Gasteiger partial charge >= 0.3 is 11.9 Å². The quantitative estimate of drug-likeness (QED) is 0.460. The summed E-state index contributed by atoms with van der Waals surface area (Å²) >= 11 is 0. The minimum Gasteiger partial charge on any atom is -0.478 e. The number of carboxylic acids is 1. The summed E-state index contributed by atoms with van der Waals surface area (Å²) in [6.45, 7) is 0. The van der Waals surface area contributed by atoms with Gasteiger partial charge in [0.2, 0.25) is 0 Å². The molecule has 7 nitrogen and oxygen atoms in total. The minimum absolute atomic E-state index is 0.173. The fraction of sp³-hybridized carbons (Fsp3) is 0.0769. The number of nitrogens with zero attached hydrogens (tertiary/aromatic N) is 1. The van der Waals surface area contributed by atoms with Crippen LogP contribution in [0.2, 0.25) is 0 Å². The van der Waals surface area contributed by atoms with E-state index in [4.69, 9.17) is 4.74 Å². The van der Waals surface area contributed by atoms with Crippen LogP contribution in [-0.2, 0) is 16.0 Å². The van der Waals surface area contributed by atoms with Gasteiger partial charge in [-0.2, -0.15) is 0 Å². The number of fused-ring (bicyclic) bond motifs is 2. The van der Waals surface area contributed by atoms with E-state index in [2.05, 4.69) is 10.3 Å². The number of nitrogens with one attached hydrogen (secondary N) is 1. The molecular weight excluding hydrogens is 420 g/mol.